The number of carbonyl (C=O) groups excluding carboxylic acids is 1. The molecule has 1 amide bonds. The molecule has 0 bridgehead atoms. The second kappa shape index (κ2) is 6.48. The molecule has 0 spiro atoms. The zero-order chi connectivity index (χ0) is 13.8. The Morgan fingerprint density at radius 1 is 1.42 bits per heavy atom. The minimum atomic E-state index is -0.449. The van der Waals surface area contributed by atoms with E-state index < -0.39 is 5.82 Å². The maximum atomic E-state index is 13.4. The number of benzene rings is 1. The fraction of sp³-hybridized carbons (Fsp3) is 0.500. The van der Waals surface area contributed by atoms with Crippen LogP contribution in [0.25, 0.3) is 0 Å². The fourth-order valence-corrected chi connectivity index (χ4v) is 2.99. The molecule has 2 rings (SSSR count). The molecule has 5 heteroatoms. The largest absolute Gasteiger partial charge is 0.396 e. The monoisotopic (exact) mass is 329 g/mol. The normalized spacial score (nSPS) is 23.1. The van der Waals surface area contributed by atoms with E-state index in [1.807, 2.05) is 0 Å². The molecule has 104 valence electrons. The molecule has 0 heterocycles. The van der Waals surface area contributed by atoms with Crippen molar-refractivity contribution in [1.82, 2.24) is 5.32 Å². The van der Waals surface area contributed by atoms with E-state index in [9.17, 15) is 14.3 Å². The molecule has 2 unspecified atom stereocenters. The third-order valence-corrected chi connectivity index (χ3v) is 4.46. The topological polar surface area (TPSA) is 49.3 Å². The lowest BCUT2D eigenvalue weighted by atomic mass is 9.85. The molecule has 2 atom stereocenters. The van der Waals surface area contributed by atoms with Gasteiger partial charge in [0.15, 0.2) is 0 Å². The van der Waals surface area contributed by atoms with Gasteiger partial charge in [-0.05, 0) is 40.9 Å². The van der Waals surface area contributed by atoms with Crippen LogP contribution >= 0.6 is 15.9 Å². The third-order valence-electron chi connectivity index (χ3n) is 3.66. The Bertz CT molecular complexity index is 467. The van der Waals surface area contributed by atoms with Crippen LogP contribution in [0.5, 0.6) is 0 Å². The van der Waals surface area contributed by atoms with Crippen molar-refractivity contribution in [1.29, 1.82) is 0 Å². The van der Waals surface area contributed by atoms with Crippen molar-refractivity contribution >= 4 is 21.8 Å². The Balaban J connectivity index is 2.09. The highest BCUT2D eigenvalue weighted by Gasteiger charge is 2.26. The van der Waals surface area contributed by atoms with E-state index in [-0.39, 0.29) is 28.9 Å². The van der Waals surface area contributed by atoms with Gasteiger partial charge < -0.3 is 10.4 Å². The number of hydrogen-bond donors (Lipinski definition) is 2. The van der Waals surface area contributed by atoms with Crippen LogP contribution < -0.4 is 5.32 Å². The zero-order valence-corrected chi connectivity index (χ0v) is 12.1. The summed E-state index contributed by atoms with van der Waals surface area (Å²) >= 11 is 3.09. The molecule has 19 heavy (non-hydrogen) atoms. The fourth-order valence-electron chi connectivity index (χ4n) is 2.54. The van der Waals surface area contributed by atoms with Gasteiger partial charge in [-0.3, -0.25) is 4.79 Å². The van der Waals surface area contributed by atoms with Gasteiger partial charge in [-0.15, -0.1) is 0 Å². The molecule has 1 fully saturated rings. The summed E-state index contributed by atoms with van der Waals surface area (Å²) in [4.78, 5) is 12.2. The van der Waals surface area contributed by atoms with Gasteiger partial charge in [0.2, 0.25) is 0 Å². The van der Waals surface area contributed by atoms with Crippen LogP contribution in [0.3, 0.4) is 0 Å². The van der Waals surface area contributed by atoms with Gasteiger partial charge in [-0.2, -0.15) is 0 Å². The molecular formula is C14H17BrFNO2. The van der Waals surface area contributed by atoms with E-state index in [4.69, 9.17) is 0 Å². The Kier molecular flexibility index (Phi) is 4.93. The Morgan fingerprint density at radius 2 is 2.16 bits per heavy atom. The first kappa shape index (κ1) is 14.5. The molecule has 0 radical (unpaired) electrons. The van der Waals surface area contributed by atoms with Crippen molar-refractivity contribution in [2.24, 2.45) is 5.92 Å². The smallest absolute Gasteiger partial charge is 0.252 e. The summed E-state index contributed by atoms with van der Waals surface area (Å²) in [6.45, 7) is 0.0786. The quantitative estimate of drug-likeness (QED) is 0.895. The number of aliphatic hydroxyl groups is 1. The summed E-state index contributed by atoms with van der Waals surface area (Å²) in [6, 6.07) is 4.37. The van der Waals surface area contributed by atoms with E-state index in [2.05, 4.69) is 21.2 Å². The number of aliphatic hydroxyl groups excluding tert-OH is 1. The van der Waals surface area contributed by atoms with Gasteiger partial charge >= 0.3 is 0 Å². The van der Waals surface area contributed by atoms with E-state index >= 15 is 0 Å². The summed E-state index contributed by atoms with van der Waals surface area (Å²) in [5, 5.41) is 12.2. The van der Waals surface area contributed by atoms with Crippen LogP contribution in [0.1, 0.15) is 36.0 Å². The van der Waals surface area contributed by atoms with E-state index in [1.165, 1.54) is 12.1 Å². The standard InChI is InChI=1S/C14H17BrFNO2/c15-13-10(5-3-6-11(13)16)14(19)17-12-7-2-1-4-9(12)8-18/h3,5-6,9,12,18H,1-2,4,7-8H2,(H,17,19). The van der Waals surface area contributed by atoms with Crippen molar-refractivity contribution in [3.8, 4) is 0 Å². The van der Waals surface area contributed by atoms with E-state index in [1.54, 1.807) is 6.07 Å². The third kappa shape index (κ3) is 3.34. The van der Waals surface area contributed by atoms with Crippen LogP contribution in [-0.4, -0.2) is 23.7 Å². The van der Waals surface area contributed by atoms with Crippen molar-refractivity contribution in [2.45, 2.75) is 31.7 Å². The summed E-state index contributed by atoms with van der Waals surface area (Å²) in [6.07, 6.45) is 3.92. The molecule has 1 aliphatic rings. The molecule has 1 aromatic carbocycles. The number of nitrogens with one attached hydrogen (secondary N) is 1. The minimum Gasteiger partial charge on any atom is -0.396 e. The van der Waals surface area contributed by atoms with Crippen molar-refractivity contribution in [2.75, 3.05) is 6.61 Å². The zero-order valence-electron chi connectivity index (χ0n) is 10.5. The maximum Gasteiger partial charge on any atom is 0.252 e. The van der Waals surface area contributed by atoms with Crippen LogP contribution in [-0.2, 0) is 0 Å². The predicted molar refractivity (Wildman–Crippen MR) is 74.4 cm³/mol. The Labute approximate surface area is 120 Å². The number of carbonyl (C=O) groups is 1. The van der Waals surface area contributed by atoms with Gasteiger partial charge in [-0.1, -0.05) is 18.9 Å². The number of halogens is 2. The van der Waals surface area contributed by atoms with Gasteiger partial charge in [0, 0.05) is 18.6 Å². The van der Waals surface area contributed by atoms with Crippen LogP contribution in [0, 0.1) is 11.7 Å². The summed E-state index contributed by atoms with van der Waals surface area (Å²) in [5.74, 6) is -0.642. The average Bonchev–Trinajstić information content (AvgIpc) is 2.42. The molecule has 1 saturated carbocycles. The van der Waals surface area contributed by atoms with Crippen molar-refractivity contribution in [3.63, 3.8) is 0 Å². The SMILES string of the molecule is O=C(NC1CCCCC1CO)c1cccc(F)c1Br. The first-order valence-corrected chi connectivity index (χ1v) is 7.28. The van der Waals surface area contributed by atoms with Crippen LogP contribution in [0.15, 0.2) is 22.7 Å². The first-order chi connectivity index (χ1) is 9.13. The molecule has 0 aromatic heterocycles. The molecular weight excluding hydrogens is 313 g/mol. The molecule has 0 saturated heterocycles. The minimum absolute atomic E-state index is 0.0265. The van der Waals surface area contributed by atoms with Crippen molar-refractivity contribution in [3.05, 3.63) is 34.1 Å². The highest BCUT2D eigenvalue weighted by Crippen LogP contribution is 2.25. The molecule has 1 aromatic rings. The molecule has 2 N–H and O–H groups in total. The first-order valence-electron chi connectivity index (χ1n) is 6.49. The number of rotatable bonds is 3. The van der Waals surface area contributed by atoms with Crippen LogP contribution in [0.2, 0.25) is 0 Å². The summed E-state index contributed by atoms with van der Waals surface area (Å²) < 4.78 is 13.6. The lowest BCUT2D eigenvalue weighted by Crippen LogP contribution is -2.43. The Hall–Kier alpha value is -0.940. The van der Waals surface area contributed by atoms with Gasteiger partial charge in [0.1, 0.15) is 5.82 Å². The highest BCUT2D eigenvalue weighted by atomic mass is 79.9. The lowest BCUT2D eigenvalue weighted by molar-refractivity contribution is 0.0871. The molecule has 3 nitrogen and oxygen atoms in total. The van der Waals surface area contributed by atoms with Gasteiger partial charge in [-0.25, -0.2) is 4.39 Å². The summed E-state index contributed by atoms with van der Waals surface area (Å²) in [7, 11) is 0. The highest BCUT2D eigenvalue weighted by molar-refractivity contribution is 9.10. The average molecular weight is 330 g/mol. The van der Waals surface area contributed by atoms with Crippen LogP contribution in [0.4, 0.5) is 4.39 Å². The van der Waals surface area contributed by atoms with Gasteiger partial charge in [0.25, 0.3) is 5.91 Å². The van der Waals surface area contributed by atoms with Crippen molar-refractivity contribution < 1.29 is 14.3 Å². The molecule has 1 aliphatic carbocycles. The Morgan fingerprint density at radius 3 is 2.89 bits per heavy atom. The second-order valence-corrected chi connectivity index (χ2v) is 5.70. The summed E-state index contributed by atoms with van der Waals surface area (Å²) in [5.41, 5.74) is 0.294. The predicted octanol–water partition coefficient (Wildman–Crippen LogP) is 2.87. The second-order valence-electron chi connectivity index (χ2n) is 4.91. The van der Waals surface area contributed by atoms with E-state index in [0.29, 0.717) is 5.56 Å². The lowest BCUT2D eigenvalue weighted by Gasteiger charge is -2.31. The maximum absolute atomic E-state index is 13.4. The van der Waals surface area contributed by atoms with E-state index in [0.717, 1.165) is 25.7 Å². The number of amides is 1. The number of hydrogen-bond acceptors (Lipinski definition) is 2. The van der Waals surface area contributed by atoms with Gasteiger partial charge in [0.05, 0.1) is 10.0 Å². The molecule has 0 aliphatic heterocycles.